The van der Waals surface area contributed by atoms with E-state index in [2.05, 4.69) is 5.32 Å². The predicted octanol–water partition coefficient (Wildman–Crippen LogP) is 3.62. The van der Waals surface area contributed by atoms with E-state index >= 15 is 0 Å². The van der Waals surface area contributed by atoms with Gasteiger partial charge in [-0.05, 0) is 43.3 Å². The van der Waals surface area contributed by atoms with Gasteiger partial charge in [-0.1, -0.05) is 36.9 Å². The van der Waals surface area contributed by atoms with Crippen molar-refractivity contribution in [1.82, 2.24) is 10.2 Å². The van der Waals surface area contributed by atoms with Gasteiger partial charge in [0.1, 0.15) is 0 Å². The largest absolute Gasteiger partial charge is 0.349 e. The molecule has 2 rings (SSSR count). The number of rotatable bonds is 2. The molecule has 1 saturated carbocycles. The van der Waals surface area contributed by atoms with Crippen LogP contribution in [-0.4, -0.2) is 29.0 Å². The Hall–Kier alpha value is -1.13. The fourth-order valence-corrected chi connectivity index (χ4v) is 2.95. The van der Waals surface area contributed by atoms with Crippen LogP contribution in [0.4, 0.5) is 0 Å². The van der Waals surface area contributed by atoms with Crippen molar-refractivity contribution in [3.63, 3.8) is 0 Å². The van der Waals surface area contributed by atoms with E-state index in [-0.39, 0.29) is 5.91 Å². The van der Waals surface area contributed by atoms with Gasteiger partial charge in [-0.3, -0.25) is 10.1 Å². The van der Waals surface area contributed by atoms with E-state index in [1.54, 1.807) is 24.3 Å². The Morgan fingerprint density at radius 1 is 1.35 bits per heavy atom. The summed E-state index contributed by atoms with van der Waals surface area (Å²) in [5.74, 6) is -0.208. The average Bonchev–Trinajstić information content (AvgIpc) is 2.47. The highest BCUT2D eigenvalue weighted by Crippen LogP contribution is 2.21. The first-order chi connectivity index (χ1) is 9.58. The van der Waals surface area contributed by atoms with E-state index in [0.717, 1.165) is 12.8 Å². The number of carbonyl (C=O) groups is 1. The number of hydrogen-bond acceptors (Lipinski definition) is 2. The van der Waals surface area contributed by atoms with E-state index < -0.39 is 0 Å². The van der Waals surface area contributed by atoms with E-state index in [0.29, 0.717) is 21.7 Å². The van der Waals surface area contributed by atoms with Crippen LogP contribution in [0.3, 0.4) is 0 Å². The molecule has 3 nitrogen and oxygen atoms in total. The van der Waals surface area contributed by atoms with Gasteiger partial charge in [0, 0.05) is 23.7 Å². The number of thiocarbonyl (C=S) groups is 1. The standard InChI is InChI=1S/C15H19ClN2OS/c1-18(13-8-3-2-4-9-13)15(20)17-14(19)11-6-5-7-12(16)10-11/h5-7,10,13H,2-4,8-9H2,1H3,(H,17,19,20). The molecule has 108 valence electrons. The summed E-state index contributed by atoms with van der Waals surface area (Å²) < 4.78 is 0. The van der Waals surface area contributed by atoms with Gasteiger partial charge in [0.25, 0.3) is 5.91 Å². The quantitative estimate of drug-likeness (QED) is 0.847. The third-order valence-corrected chi connectivity index (χ3v) is 4.38. The second-order valence-corrected chi connectivity index (χ2v) is 6.00. The average molecular weight is 311 g/mol. The lowest BCUT2D eigenvalue weighted by molar-refractivity contribution is 0.0972. The van der Waals surface area contributed by atoms with Crippen molar-refractivity contribution in [3.05, 3.63) is 34.9 Å². The number of hydrogen-bond donors (Lipinski definition) is 1. The van der Waals surface area contributed by atoms with E-state index in [4.69, 9.17) is 23.8 Å². The predicted molar refractivity (Wildman–Crippen MR) is 86.2 cm³/mol. The van der Waals surface area contributed by atoms with Crippen molar-refractivity contribution >= 4 is 34.8 Å². The summed E-state index contributed by atoms with van der Waals surface area (Å²) in [7, 11) is 1.95. The minimum atomic E-state index is -0.208. The Kier molecular flexibility index (Phi) is 5.38. The number of amides is 1. The number of benzene rings is 1. The molecule has 0 bridgehead atoms. The molecule has 0 atom stereocenters. The molecule has 1 aromatic carbocycles. The smallest absolute Gasteiger partial charge is 0.257 e. The topological polar surface area (TPSA) is 32.3 Å². The minimum absolute atomic E-state index is 0.208. The molecule has 1 amide bonds. The molecular weight excluding hydrogens is 292 g/mol. The molecule has 5 heteroatoms. The van der Waals surface area contributed by atoms with Gasteiger partial charge in [-0.15, -0.1) is 0 Å². The van der Waals surface area contributed by atoms with Crippen LogP contribution >= 0.6 is 23.8 Å². The normalized spacial score (nSPS) is 15.7. The van der Waals surface area contributed by atoms with Gasteiger partial charge in [0.15, 0.2) is 5.11 Å². The molecule has 0 heterocycles. The molecular formula is C15H19ClN2OS. The summed E-state index contributed by atoms with van der Waals surface area (Å²) in [6.45, 7) is 0. The van der Waals surface area contributed by atoms with Gasteiger partial charge < -0.3 is 4.90 Å². The van der Waals surface area contributed by atoms with Gasteiger partial charge in [-0.2, -0.15) is 0 Å². The van der Waals surface area contributed by atoms with Crippen molar-refractivity contribution in [1.29, 1.82) is 0 Å². The maximum absolute atomic E-state index is 12.1. The first kappa shape index (κ1) is 15.3. The van der Waals surface area contributed by atoms with Gasteiger partial charge in [0.2, 0.25) is 0 Å². The Balaban J connectivity index is 1.94. The van der Waals surface area contributed by atoms with E-state index in [9.17, 15) is 4.79 Å². The molecule has 1 N–H and O–H groups in total. The highest BCUT2D eigenvalue weighted by molar-refractivity contribution is 7.80. The lowest BCUT2D eigenvalue weighted by Crippen LogP contribution is -2.46. The molecule has 1 aromatic rings. The molecule has 0 spiro atoms. The molecule has 0 aliphatic heterocycles. The van der Waals surface area contributed by atoms with Crippen molar-refractivity contribution in [3.8, 4) is 0 Å². The highest BCUT2D eigenvalue weighted by Gasteiger charge is 2.21. The maximum atomic E-state index is 12.1. The summed E-state index contributed by atoms with van der Waals surface area (Å²) in [6, 6.07) is 7.30. The third-order valence-electron chi connectivity index (χ3n) is 3.75. The van der Waals surface area contributed by atoms with Crippen LogP contribution in [-0.2, 0) is 0 Å². The van der Waals surface area contributed by atoms with Crippen LogP contribution < -0.4 is 5.32 Å². The number of carbonyl (C=O) groups excluding carboxylic acids is 1. The summed E-state index contributed by atoms with van der Waals surface area (Å²) >= 11 is 11.2. The van der Waals surface area contributed by atoms with Crippen molar-refractivity contribution in [2.75, 3.05) is 7.05 Å². The number of halogens is 1. The first-order valence-electron chi connectivity index (χ1n) is 6.91. The molecule has 0 saturated heterocycles. The van der Waals surface area contributed by atoms with Gasteiger partial charge >= 0.3 is 0 Å². The summed E-state index contributed by atoms with van der Waals surface area (Å²) in [4.78, 5) is 14.1. The van der Waals surface area contributed by atoms with Crippen LogP contribution in [0.1, 0.15) is 42.5 Å². The molecule has 0 radical (unpaired) electrons. The monoisotopic (exact) mass is 310 g/mol. The fourth-order valence-electron chi connectivity index (χ4n) is 2.52. The zero-order chi connectivity index (χ0) is 14.5. The third kappa shape index (κ3) is 3.93. The zero-order valence-electron chi connectivity index (χ0n) is 11.6. The molecule has 0 aromatic heterocycles. The second kappa shape index (κ2) is 7.04. The van der Waals surface area contributed by atoms with Gasteiger partial charge in [-0.25, -0.2) is 0 Å². The van der Waals surface area contributed by atoms with Crippen LogP contribution in [0.2, 0.25) is 5.02 Å². The van der Waals surface area contributed by atoms with Crippen LogP contribution in [0.5, 0.6) is 0 Å². The number of nitrogens with one attached hydrogen (secondary N) is 1. The van der Waals surface area contributed by atoms with Crippen molar-refractivity contribution < 1.29 is 4.79 Å². The summed E-state index contributed by atoms with van der Waals surface area (Å²) in [5.41, 5.74) is 0.525. The molecule has 0 unspecified atom stereocenters. The van der Waals surface area contributed by atoms with Crippen molar-refractivity contribution in [2.24, 2.45) is 0 Å². The molecule has 1 aliphatic carbocycles. The van der Waals surface area contributed by atoms with E-state index in [1.165, 1.54) is 19.3 Å². The van der Waals surface area contributed by atoms with Crippen molar-refractivity contribution in [2.45, 2.75) is 38.1 Å². The highest BCUT2D eigenvalue weighted by atomic mass is 35.5. The van der Waals surface area contributed by atoms with E-state index in [1.807, 2.05) is 11.9 Å². The molecule has 20 heavy (non-hydrogen) atoms. The van der Waals surface area contributed by atoms with Gasteiger partial charge in [0.05, 0.1) is 0 Å². The Morgan fingerprint density at radius 3 is 2.70 bits per heavy atom. The zero-order valence-corrected chi connectivity index (χ0v) is 13.1. The fraction of sp³-hybridized carbons (Fsp3) is 0.467. The second-order valence-electron chi connectivity index (χ2n) is 5.17. The molecule has 1 aliphatic rings. The maximum Gasteiger partial charge on any atom is 0.257 e. The van der Waals surface area contributed by atoms with Crippen LogP contribution in [0, 0.1) is 0 Å². The Labute approximate surface area is 130 Å². The van der Waals surface area contributed by atoms with Crippen LogP contribution in [0.15, 0.2) is 24.3 Å². The lowest BCUT2D eigenvalue weighted by Gasteiger charge is -2.32. The minimum Gasteiger partial charge on any atom is -0.349 e. The Morgan fingerprint density at radius 2 is 2.05 bits per heavy atom. The molecule has 1 fully saturated rings. The summed E-state index contributed by atoms with van der Waals surface area (Å²) in [6.07, 6.45) is 6.05. The van der Waals surface area contributed by atoms with Crippen LogP contribution in [0.25, 0.3) is 0 Å². The lowest BCUT2D eigenvalue weighted by atomic mass is 9.95. The SMILES string of the molecule is CN(C(=S)NC(=O)c1cccc(Cl)c1)C1CCCCC1. The summed E-state index contributed by atoms with van der Waals surface area (Å²) in [5, 5.41) is 3.81. The first-order valence-corrected chi connectivity index (χ1v) is 7.70. The Bertz CT molecular complexity index is 500. The number of nitrogens with zero attached hydrogens (tertiary/aromatic N) is 1.